The van der Waals surface area contributed by atoms with Gasteiger partial charge in [-0.3, -0.25) is 19.3 Å². The van der Waals surface area contributed by atoms with Crippen LogP contribution in [0.3, 0.4) is 0 Å². The molecule has 4 rings (SSSR count). The van der Waals surface area contributed by atoms with Gasteiger partial charge < -0.3 is 5.32 Å². The van der Waals surface area contributed by atoms with E-state index in [-0.39, 0.29) is 23.5 Å². The maximum absolute atomic E-state index is 12.5. The van der Waals surface area contributed by atoms with Crippen LogP contribution in [0.25, 0.3) is 0 Å². The molecule has 0 saturated carbocycles. The number of thiophene rings is 1. The predicted molar refractivity (Wildman–Crippen MR) is 130 cm³/mol. The van der Waals surface area contributed by atoms with Gasteiger partial charge in [-0.1, -0.05) is 12.1 Å². The maximum atomic E-state index is 12.5. The van der Waals surface area contributed by atoms with Crippen molar-refractivity contribution in [2.45, 2.75) is 33.1 Å². The zero-order chi connectivity index (χ0) is 23.7. The fourth-order valence-corrected chi connectivity index (χ4v) is 6.34. The first kappa shape index (κ1) is 23.0. The zero-order valence-electron chi connectivity index (χ0n) is 18.6. The second kappa shape index (κ2) is 9.38. The Kier molecular flexibility index (Phi) is 6.54. The average Bonchev–Trinajstić information content (AvgIpc) is 3.32. The number of aryl methyl sites for hydroxylation is 1. The summed E-state index contributed by atoms with van der Waals surface area (Å²) < 4.78 is 0. The topological polar surface area (TPSA) is 90.3 Å². The van der Waals surface area contributed by atoms with E-state index in [1.165, 1.54) is 23.6 Å². The molecule has 0 spiro atoms. The standard InChI is InChI=1S/C25H23N3O3S2/c1-14-9-12-32-22(14)21-19(13-26)23(27-15(2)20(21)16(3)29)33-11-6-10-28-24(30)17-7-4-5-8-18(17)25(28)31/h4-5,7-9,12,21,27H,6,10-11H2,1-3H3. The van der Waals surface area contributed by atoms with Gasteiger partial charge in [-0.2, -0.15) is 5.26 Å². The summed E-state index contributed by atoms with van der Waals surface area (Å²) in [5.74, 6) is -0.342. The summed E-state index contributed by atoms with van der Waals surface area (Å²) in [6.45, 7) is 5.70. The highest BCUT2D eigenvalue weighted by Gasteiger charge is 2.36. The number of rotatable bonds is 7. The van der Waals surface area contributed by atoms with Crippen molar-refractivity contribution in [2.75, 3.05) is 12.3 Å². The van der Waals surface area contributed by atoms with E-state index >= 15 is 0 Å². The van der Waals surface area contributed by atoms with E-state index in [4.69, 9.17) is 0 Å². The number of benzene rings is 1. The molecule has 33 heavy (non-hydrogen) atoms. The fraction of sp³-hybridized carbons (Fsp3) is 0.280. The molecule has 0 aliphatic carbocycles. The lowest BCUT2D eigenvalue weighted by Crippen LogP contribution is -2.31. The van der Waals surface area contributed by atoms with E-state index in [1.54, 1.807) is 35.6 Å². The number of fused-ring (bicyclic) bond motifs is 1. The minimum absolute atomic E-state index is 0.0553. The molecule has 0 saturated heterocycles. The summed E-state index contributed by atoms with van der Waals surface area (Å²) in [5, 5.41) is 16.0. The van der Waals surface area contributed by atoms with Crippen molar-refractivity contribution >= 4 is 40.7 Å². The lowest BCUT2D eigenvalue weighted by atomic mass is 9.84. The van der Waals surface area contributed by atoms with Crippen LogP contribution in [0, 0.1) is 18.3 Å². The van der Waals surface area contributed by atoms with Gasteiger partial charge in [-0.05, 0) is 56.3 Å². The Balaban J connectivity index is 1.49. The van der Waals surface area contributed by atoms with Gasteiger partial charge in [0, 0.05) is 28.4 Å². The highest BCUT2D eigenvalue weighted by molar-refractivity contribution is 8.03. The van der Waals surface area contributed by atoms with Crippen molar-refractivity contribution in [3.8, 4) is 6.07 Å². The lowest BCUT2D eigenvalue weighted by molar-refractivity contribution is -0.113. The molecule has 1 N–H and O–H groups in total. The van der Waals surface area contributed by atoms with Crippen molar-refractivity contribution in [1.29, 1.82) is 5.26 Å². The molecule has 6 nitrogen and oxygen atoms in total. The summed E-state index contributed by atoms with van der Waals surface area (Å²) in [6.07, 6.45) is 0.588. The van der Waals surface area contributed by atoms with E-state index in [1.807, 2.05) is 25.3 Å². The largest absolute Gasteiger partial charge is 0.353 e. The zero-order valence-corrected chi connectivity index (χ0v) is 20.2. The number of carbonyl (C=O) groups excluding carboxylic acids is 3. The molecule has 1 unspecified atom stereocenters. The molecule has 2 aromatic rings. The number of thioether (sulfide) groups is 1. The first-order chi connectivity index (χ1) is 15.8. The first-order valence-corrected chi connectivity index (χ1v) is 12.5. The van der Waals surface area contributed by atoms with Gasteiger partial charge in [0.05, 0.1) is 33.7 Å². The molecular formula is C25H23N3O3S2. The number of ketones is 1. The number of carbonyl (C=O) groups is 3. The Morgan fingerprint density at radius 1 is 1.18 bits per heavy atom. The average molecular weight is 478 g/mol. The molecule has 1 aromatic carbocycles. The number of allylic oxidation sites excluding steroid dienone is 3. The smallest absolute Gasteiger partial charge is 0.261 e. The van der Waals surface area contributed by atoms with Crippen LogP contribution in [0.5, 0.6) is 0 Å². The molecule has 2 amide bonds. The maximum Gasteiger partial charge on any atom is 0.261 e. The molecule has 0 fully saturated rings. The predicted octanol–water partition coefficient (Wildman–Crippen LogP) is 4.76. The Morgan fingerprint density at radius 2 is 1.85 bits per heavy atom. The third-order valence-corrected chi connectivity index (χ3v) is 8.03. The van der Waals surface area contributed by atoms with Crippen LogP contribution in [0.15, 0.2) is 57.6 Å². The van der Waals surface area contributed by atoms with Crippen LogP contribution in [-0.4, -0.2) is 34.8 Å². The van der Waals surface area contributed by atoms with Gasteiger partial charge in [0.15, 0.2) is 5.78 Å². The third kappa shape index (κ3) is 4.14. The van der Waals surface area contributed by atoms with Gasteiger partial charge in [0.1, 0.15) is 0 Å². The molecule has 2 aliphatic rings. The molecular weight excluding hydrogens is 454 g/mol. The normalized spacial score (nSPS) is 17.9. The summed E-state index contributed by atoms with van der Waals surface area (Å²) in [5.41, 5.74) is 3.85. The number of dihydropyridines is 1. The summed E-state index contributed by atoms with van der Waals surface area (Å²) in [6, 6.07) is 11.2. The first-order valence-electron chi connectivity index (χ1n) is 10.6. The molecule has 2 aliphatic heterocycles. The van der Waals surface area contributed by atoms with Gasteiger partial charge in [0.2, 0.25) is 0 Å². The Bertz CT molecular complexity index is 1230. The lowest BCUT2D eigenvalue weighted by Gasteiger charge is -2.29. The van der Waals surface area contributed by atoms with Gasteiger partial charge in [-0.25, -0.2) is 0 Å². The summed E-state index contributed by atoms with van der Waals surface area (Å²) in [4.78, 5) is 39.8. The molecule has 8 heteroatoms. The van der Waals surface area contributed by atoms with Gasteiger partial charge in [-0.15, -0.1) is 23.1 Å². The molecule has 0 bridgehead atoms. The van der Waals surface area contributed by atoms with Crippen LogP contribution in [-0.2, 0) is 4.79 Å². The molecule has 168 valence electrons. The minimum atomic E-state index is -0.382. The third-order valence-electron chi connectivity index (χ3n) is 5.84. The Hall–Kier alpha value is -3.15. The number of amides is 2. The summed E-state index contributed by atoms with van der Waals surface area (Å²) >= 11 is 3.03. The van der Waals surface area contributed by atoms with Crippen LogP contribution >= 0.6 is 23.1 Å². The van der Waals surface area contributed by atoms with Gasteiger partial charge >= 0.3 is 0 Å². The highest BCUT2D eigenvalue weighted by Crippen LogP contribution is 2.43. The monoisotopic (exact) mass is 477 g/mol. The SMILES string of the molecule is CC(=O)C1=C(C)NC(SCCCN2C(=O)c3ccccc3C2=O)=C(C#N)C1c1sccc1C. The van der Waals surface area contributed by atoms with E-state index < -0.39 is 0 Å². The van der Waals surface area contributed by atoms with E-state index in [9.17, 15) is 19.6 Å². The van der Waals surface area contributed by atoms with Crippen molar-refractivity contribution in [2.24, 2.45) is 0 Å². The minimum Gasteiger partial charge on any atom is -0.353 e. The van der Waals surface area contributed by atoms with E-state index in [0.717, 1.165) is 21.2 Å². The van der Waals surface area contributed by atoms with Crippen molar-refractivity contribution in [3.63, 3.8) is 0 Å². The summed E-state index contributed by atoms with van der Waals surface area (Å²) in [7, 11) is 0. The van der Waals surface area contributed by atoms with Crippen LogP contribution < -0.4 is 5.32 Å². The molecule has 3 heterocycles. The quantitative estimate of drug-likeness (QED) is 0.457. The Morgan fingerprint density at radius 3 is 2.39 bits per heavy atom. The van der Waals surface area contributed by atoms with Crippen molar-refractivity contribution in [1.82, 2.24) is 10.2 Å². The second-order valence-electron chi connectivity index (χ2n) is 7.98. The molecule has 1 aromatic heterocycles. The number of hydrogen-bond donors (Lipinski definition) is 1. The fourth-order valence-electron chi connectivity index (χ4n) is 4.27. The van der Waals surface area contributed by atoms with Crippen molar-refractivity contribution < 1.29 is 14.4 Å². The number of Topliss-reactive ketones (excluding diaryl/α,β-unsaturated/α-hetero) is 1. The number of nitrogens with zero attached hydrogens (tertiary/aromatic N) is 2. The second-order valence-corrected chi connectivity index (χ2v) is 10.0. The number of nitrogens with one attached hydrogen (secondary N) is 1. The van der Waals surface area contributed by atoms with Gasteiger partial charge in [0.25, 0.3) is 11.8 Å². The Labute approximate surface area is 201 Å². The van der Waals surface area contributed by atoms with Crippen LogP contribution in [0.4, 0.5) is 0 Å². The van der Waals surface area contributed by atoms with Crippen molar-refractivity contribution in [3.05, 3.63) is 79.2 Å². The number of imide groups is 1. The van der Waals surface area contributed by atoms with Crippen LogP contribution in [0.2, 0.25) is 0 Å². The highest BCUT2D eigenvalue weighted by atomic mass is 32.2. The number of hydrogen-bond acceptors (Lipinski definition) is 7. The molecule has 1 atom stereocenters. The molecule has 0 radical (unpaired) electrons. The van der Waals surface area contributed by atoms with Crippen LogP contribution in [0.1, 0.15) is 57.3 Å². The van der Waals surface area contributed by atoms with E-state index in [2.05, 4.69) is 11.4 Å². The van der Waals surface area contributed by atoms with E-state index in [0.29, 0.717) is 41.0 Å². The number of nitriles is 1.